The van der Waals surface area contributed by atoms with Crippen molar-refractivity contribution >= 4 is 21.7 Å². The van der Waals surface area contributed by atoms with Gasteiger partial charge in [-0.15, -0.1) is 0 Å². The summed E-state index contributed by atoms with van der Waals surface area (Å²) < 4.78 is 26.7. The SMILES string of the molecule is CC/C=C/C(=O)c1c(F)ccc(Br)c1F. The van der Waals surface area contributed by atoms with Crippen LogP contribution in [0.3, 0.4) is 0 Å². The molecule has 0 unspecified atom stereocenters. The third kappa shape index (κ3) is 2.72. The molecule has 0 aliphatic carbocycles. The fraction of sp³-hybridized carbons (Fsp3) is 0.182. The highest BCUT2D eigenvalue weighted by molar-refractivity contribution is 9.10. The lowest BCUT2D eigenvalue weighted by atomic mass is 10.1. The van der Waals surface area contributed by atoms with E-state index in [1.165, 1.54) is 12.1 Å². The molecule has 0 atom stereocenters. The van der Waals surface area contributed by atoms with Crippen molar-refractivity contribution in [1.82, 2.24) is 0 Å². The van der Waals surface area contributed by atoms with Crippen LogP contribution < -0.4 is 0 Å². The van der Waals surface area contributed by atoms with E-state index < -0.39 is 23.0 Å². The Balaban J connectivity index is 3.18. The maximum Gasteiger partial charge on any atom is 0.191 e. The molecule has 1 aromatic carbocycles. The standard InChI is InChI=1S/C11H9BrF2O/c1-2-3-4-9(15)10-8(13)6-5-7(12)11(10)14/h3-6H,2H2,1H3/b4-3+. The van der Waals surface area contributed by atoms with Crippen LogP contribution in [0.2, 0.25) is 0 Å². The minimum atomic E-state index is -0.860. The van der Waals surface area contributed by atoms with Gasteiger partial charge in [-0.25, -0.2) is 8.78 Å². The summed E-state index contributed by atoms with van der Waals surface area (Å²) in [6.07, 6.45) is 3.37. The smallest absolute Gasteiger partial charge is 0.191 e. The van der Waals surface area contributed by atoms with Crippen LogP contribution in [0.1, 0.15) is 23.7 Å². The van der Waals surface area contributed by atoms with E-state index in [4.69, 9.17) is 0 Å². The molecular formula is C11H9BrF2O. The van der Waals surface area contributed by atoms with Crippen LogP contribution in [0.25, 0.3) is 0 Å². The molecule has 0 saturated heterocycles. The summed E-state index contributed by atoms with van der Waals surface area (Å²) in [5.74, 6) is -2.37. The molecule has 1 aromatic rings. The monoisotopic (exact) mass is 274 g/mol. The summed E-state index contributed by atoms with van der Waals surface area (Å²) in [4.78, 5) is 11.4. The van der Waals surface area contributed by atoms with E-state index in [2.05, 4.69) is 15.9 Å². The molecule has 0 fully saturated rings. The Kier molecular flexibility index (Phi) is 4.15. The molecular weight excluding hydrogens is 266 g/mol. The van der Waals surface area contributed by atoms with E-state index >= 15 is 0 Å². The summed E-state index contributed by atoms with van der Waals surface area (Å²) in [6.45, 7) is 1.83. The van der Waals surface area contributed by atoms with Gasteiger partial charge in [-0.2, -0.15) is 0 Å². The largest absolute Gasteiger partial charge is 0.289 e. The number of rotatable bonds is 3. The first-order valence-corrected chi connectivity index (χ1v) is 5.21. The molecule has 4 heteroatoms. The maximum absolute atomic E-state index is 13.4. The lowest BCUT2D eigenvalue weighted by Crippen LogP contribution is -2.03. The normalized spacial score (nSPS) is 10.9. The van der Waals surface area contributed by atoms with Gasteiger partial charge in [0, 0.05) is 0 Å². The second-order valence-corrected chi connectivity index (χ2v) is 3.75. The van der Waals surface area contributed by atoms with Crippen LogP contribution >= 0.6 is 15.9 Å². The predicted molar refractivity (Wildman–Crippen MR) is 57.8 cm³/mol. The summed E-state index contributed by atoms with van der Waals surface area (Å²) in [5, 5.41) is 0. The molecule has 0 amide bonds. The quantitative estimate of drug-likeness (QED) is 0.465. The Morgan fingerprint density at radius 3 is 2.73 bits per heavy atom. The summed E-state index contributed by atoms with van der Waals surface area (Å²) in [7, 11) is 0. The van der Waals surface area contributed by atoms with Crippen LogP contribution in [0.4, 0.5) is 8.78 Å². The Morgan fingerprint density at radius 1 is 1.47 bits per heavy atom. The molecule has 0 aliphatic heterocycles. The minimum absolute atomic E-state index is 0.0807. The van der Waals surface area contributed by atoms with Gasteiger partial charge in [0.05, 0.1) is 10.0 Å². The number of carbonyl (C=O) groups excluding carboxylic acids is 1. The average Bonchev–Trinajstić information content (AvgIpc) is 2.21. The van der Waals surface area contributed by atoms with Gasteiger partial charge in [0.2, 0.25) is 0 Å². The first kappa shape index (κ1) is 12.0. The van der Waals surface area contributed by atoms with E-state index in [1.54, 1.807) is 6.08 Å². The van der Waals surface area contributed by atoms with Crippen molar-refractivity contribution in [3.8, 4) is 0 Å². The molecule has 0 N–H and O–H groups in total. The van der Waals surface area contributed by atoms with Crippen molar-refractivity contribution < 1.29 is 13.6 Å². The molecule has 15 heavy (non-hydrogen) atoms. The molecule has 0 bridgehead atoms. The van der Waals surface area contributed by atoms with E-state index in [0.29, 0.717) is 6.42 Å². The predicted octanol–water partition coefficient (Wildman–Crippen LogP) is 3.88. The van der Waals surface area contributed by atoms with Crippen molar-refractivity contribution in [3.63, 3.8) is 0 Å². The number of ketones is 1. The molecule has 1 nitrogen and oxygen atoms in total. The van der Waals surface area contributed by atoms with Gasteiger partial charge in [0.25, 0.3) is 0 Å². The van der Waals surface area contributed by atoms with Crippen LogP contribution in [-0.2, 0) is 0 Å². The zero-order valence-corrected chi connectivity index (χ0v) is 9.64. The van der Waals surface area contributed by atoms with E-state index in [1.807, 2.05) is 6.92 Å². The fourth-order valence-electron chi connectivity index (χ4n) is 1.06. The Labute approximate surface area is 94.9 Å². The molecule has 1 rings (SSSR count). The van der Waals surface area contributed by atoms with Gasteiger partial charge >= 0.3 is 0 Å². The Morgan fingerprint density at radius 2 is 2.13 bits per heavy atom. The van der Waals surface area contributed by atoms with Gasteiger partial charge in [-0.05, 0) is 40.6 Å². The average molecular weight is 275 g/mol. The first-order valence-electron chi connectivity index (χ1n) is 4.42. The van der Waals surface area contributed by atoms with Crippen molar-refractivity contribution in [3.05, 3.63) is 46.0 Å². The molecule has 80 valence electrons. The molecule has 0 heterocycles. The van der Waals surface area contributed by atoms with Crippen molar-refractivity contribution in [1.29, 1.82) is 0 Å². The van der Waals surface area contributed by atoms with Crippen molar-refractivity contribution in [2.45, 2.75) is 13.3 Å². The summed E-state index contributed by atoms with van der Waals surface area (Å²) >= 11 is 2.90. The first-order chi connectivity index (χ1) is 7.07. The number of benzene rings is 1. The Hall–Kier alpha value is -1.03. The second-order valence-electron chi connectivity index (χ2n) is 2.89. The molecule has 0 spiro atoms. The number of carbonyl (C=O) groups is 1. The fourth-order valence-corrected chi connectivity index (χ4v) is 1.39. The van der Waals surface area contributed by atoms with Gasteiger partial charge in [-0.1, -0.05) is 13.0 Å². The van der Waals surface area contributed by atoms with Crippen LogP contribution in [-0.4, -0.2) is 5.78 Å². The number of halogens is 3. The highest BCUT2D eigenvalue weighted by Gasteiger charge is 2.17. The molecule has 0 aliphatic rings. The molecule has 0 aromatic heterocycles. The zero-order chi connectivity index (χ0) is 11.4. The number of allylic oxidation sites excluding steroid dienone is 2. The zero-order valence-electron chi connectivity index (χ0n) is 8.06. The van der Waals surface area contributed by atoms with E-state index in [-0.39, 0.29) is 4.47 Å². The van der Waals surface area contributed by atoms with Gasteiger partial charge in [0.15, 0.2) is 11.6 Å². The highest BCUT2D eigenvalue weighted by atomic mass is 79.9. The van der Waals surface area contributed by atoms with Crippen LogP contribution in [0.5, 0.6) is 0 Å². The van der Waals surface area contributed by atoms with E-state index in [9.17, 15) is 13.6 Å². The van der Waals surface area contributed by atoms with Crippen LogP contribution in [0, 0.1) is 11.6 Å². The summed E-state index contributed by atoms with van der Waals surface area (Å²) in [6, 6.07) is 2.28. The van der Waals surface area contributed by atoms with E-state index in [0.717, 1.165) is 6.07 Å². The molecule has 0 radical (unpaired) electrons. The summed E-state index contributed by atoms with van der Waals surface area (Å²) in [5.41, 5.74) is -0.519. The maximum atomic E-state index is 13.4. The number of hydrogen-bond acceptors (Lipinski definition) is 1. The van der Waals surface area contributed by atoms with Gasteiger partial charge < -0.3 is 0 Å². The van der Waals surface area contributed by atoms with Gasteiger partial charge in [-0.3, -0.25) is 4.79 Å². The van der Waals surface area contributed by atoms with Crippen molar-refractivity contribution in [2.24, 2.45) is 0 Å². The minimum Gasteiger partial charge on any atom is -0.289 e. The van der Waals surface area contributed by atoms with Crippen LogP contribution in [0.15, 0.2) is 28.8 Å². The van der Waals surface area contributed by atoms with Gasteiger partial charge in [0.1, 0.15) is 5.82 Å². The lowest BCUT2D eigenvalue weighted by Gasteiger charge is -2.02. The third-order valence-electron chi connectivity index (χ3n) is 1.80. The highest BCUT2D eigenvalue weighted by Crippen LogP contribution is 2.22. The second kappa shape index (κ2) is 5.16. The van der Waals surface area contributed by atoms with Crippen molar-refractivity contribution in [2.75, 3.05) is 0 Å². The molecule has 0 saturated carbocycles. The number of hydrogen-bond donors (Lipinski definition) is 0. The topological polar surface area (TPSA) is 17.1 Å². The lowest BCUT2D eigenvalue weighted by molar-refractivity contribution is 0.103. The third-order valence-corrected chi connectivity index (χ3v) is 2.41. The Bertz CT molecular complexity index is 413.